The van der Waals surface area contributed by atoms with Gasteiger partial charge in [-0.25, -0.2) is 0 Å². The zero-order chi connectivity index (χ0) is 10.3. The van der Waals surface area contributed by atoms with E-state index in [0.717, 1.165) is 0 Å². The molecule has 0 amide bonds. The van der Waals surface area contributed by atoms with Crippen molar-refractivity contribution in [3.05, 3.63) is 24.3 Å². The minimum Gasteiger partial charge on any atom is -0.504 e. The van der Waals surface area contributed by atoms with Crippen molar-refractivity contribution in [2.24, 2.45) is 0 Å². The molecule has 1 unspecified atom stereocenters. The Balaban J connectivity index is 0.000000252. The van der Waals surface area contributed by atoms with E-state index >= 15 is 0 Å². The SMILES string of the molecule is CC(O)CO.Oc1ccccc1O. The van der Waals surface area contributed by atoms with Crippen LogP contribution in [0, 0.1) is 0 Å². The first kappa shape index (κ1) is 11.7. The molecule has 1 rings (SSSR count). The van der Waals surface area contributed by atoms with Crippen molar-refractivity contribution in [2.45, 2.75) is 13.0 Å². The summed E-state index contributed by atoms with van der Waals surface area (Å²) in [6, 6.07) is 6.15. The molecule has 0 aromatic heterocycles. The summed E-state index contributed by atoms with van der Waals surface area (Å²) >= 11 is 0. The largest absolute Gasteiger partial charge is 0.504 e. The number of aliphatic hydroxyl groups excluding tert-OH is 2. The highest BCUT2D eigenvalue weighted by atomic mass is 16.3. The average molecular weight is 186 g/mol. The molecule has 0 saturated heterocycles. The van der Waals surface area contributed by atoms with Crippen molar-refractivity contribution in [3.63, 3.8) is 0 Å². The smallest absolute Gasteiger partial charge is 0.157 e. The van der Waals surface area contributed by atoms with Gasteiger partial charge in [-0.2, -0.15) is 0 Å². The van der Waals surface area contributed by atoms with Crippen molar-refractivity contribution >= 4 is 0 Å². The van der Waals surface area contributed by atoms with Crippen LogP contribution in [0.3, 0.4) is 0 Å². The molecule has 13 heavy (non-hydrogen) atoms. The van der Waals surface area contributed by atoms with E-state index in [9.17, 15) is 0 Å². The molecule has 0 aliphatic rings. The summed E-state index contributed by atoms with van der Waals surface area (Å²) in [5, 5.41) is 33.3. The van der Waals surface area contributed by atoms with Crippen LogP contribution < -0.4 is 0 Å². The van der Waals surface area contributed by atoms with Gasteiger partial charge in [0, 0.05) is 0 Å². The zero-order valence-electron chi connectivity index (χ0n) is 7.38. The molecular formula is C9H14O4. The van der Waals surface area contributed by atoms with Crippen molar-refractivity contribution in [3.8, 4) is 11.5 Å². The van der Waals surface area contributed by atoms with Gasteiger partial charge in [-0.05, 0) is 19.1 Å². The number of phenolic OH excluding ortho intramolecular Hbond substituents is 2. The number of aliphatic hydroxyl groups is 2. The van der Waals surface area contributed by atoms with Gasteiger partial charge in [-0.15, -0.1) is 0 Å². The molecule has 4 N–H and O–H groups in total. The van der Waals surface area contributed by atoms with Crippen molar-refractivity contribution in [1.82, 2.24) is 0 Å². The zero-order valence-corrected chi connectivity index (χ0v) is 7.38. The minimum absolute atomic E-state index is 0.0764. The Bertz CT molecular complexity index is 214. The number of aromatic hydroxyl groups is 2. The Hall–Kier alpha value is -1.26. The lowest BCUT2D eigenvalue weighted by atomic mass is 10.3. The predicted molar refractivity (Wildman–Crippen MR) is 48.5 cm³/mol. The van der Waals surface area contributed by atoms with Gasteiger partial charge in [0.1, 0.15) is 0 Å². The summed E-state index contributed by atoms with van der Waals surface area (Å²) < 4.78 is 0. The topological polar surface area (TPSA) is 80.9 Å². The van der Waals surface area contributed by atoms with Crippen LogP contribution in [0.4, 0.5) is 0 Å². The van der Waals surface area contributed by atoms with Gasteiger partial charge >= 0.3 is 0 Å². The van der Waals surface area contributed by atoms with Crippen molar-refractivity contribution < 1.29 is 20.4 Å². The molecule has 74 valence electrons. The third kappa shape index (κ3) is 5.95. The third-order valence-electron chi connectivity index (χ3n) is 1.15. The van der Waals surface area contributed by atoms with Crippen LogP contribution in [-0.4, -0.2) is 33.1 Å². The number of rotatable bonds is 1. The molecule has 4 heteroatoms. The van der Waals surface area contributed by atoms with Crippen molar-refractivity contribution in [2.75, 3.05) is 6.61 Å². The van der Waals surface area contributed by atoms with Crippen LogP contribution in [0.15, 0.2) is 24.3 Å². The van der Waals surface area contributed by atoms with Gasteiger partial charge in [0.2, 0.25) is 0 Å². The first-order valence-corrected chi connectivity index (χ1v) is 3.83. The number of hydrogen-bond donors (Lipinski definition) is 4. The summed E-state index contributed by atoms with van der Waals surface area (Å²) in [6.45, 7) is 1.39. The van der Waals surface area contributed by atoms with Gasteiger partial charge in [0.25, 0.3) is 0 Å². The maximum absolute atomic E-state index is 8.67. The lowest BCUT2D eigenvalue weighted by Gasteiger charge is -1.91. The Morgan fingerprint density at radius 2 is 1.46 bits per heavy atom. The monoisotopic (exact) mass is 186 g/mol. The molecule has 1 aromatic carbocycles. The highest BCUT2D eigenvalue weighted by molar-refractivity contribution is 5.36. The first-order chi connectivity index (χ1) is 6.07. The van der Waals surface area contributed by atoms with Crippen LogP contribution in [0.5, 0.6) is 11.5 Å². The van der Waals surface area contributed by atoms with E-state index in [1.54, 1.807) is 12.1 Å². The normalized spacial score (nSPS) is 11.3. The molecule has 0 aliphatic heterocycles. The molecule has 0 radical (unpaired) electrons. The van der Waals surface area contributed by atoms with Crippen LogP contribution >= 0.6 is 0 Å². The lowest BCUT2D eigenvalue weighted by molar-refractivity contribution is 0.110. The molecule has 1 aromatic rings. The molecule has 0 bridgehead atoms. The molecule has 4 nitrogen and oxygen atoms in total. The van der Waals surface area contributed by atoms with Crippen molar-refractivity contribution in [1.29, 1.82) is 0 Å². The second-order valence-corrected chi connectivity index (χ2v) is 2.52. The van der Waals surface area contributed by atoms with E-state index in [2.05, 4.69) is 0 Å². The van der Waals surface area contributed by atoms with E-state index < -0.39 is 6.10 Å². The summed E-state index contributed by atoms with van der Waals surface area (Å²) in [4.78, 5) is 0. The van der Waals surface area contributed by atoms with Crippen LogP contribution in [-0.2, 0) is 0 Å². The highest BCUT2D eigenvalue weighted by Crippen LogP contribution is 2.21. The molecule has 0 aliphatic carbocycles. The molecule has 0 fully saturated rings. The molecular weight excluding hydrogens is 172 g/mol. The summed E-state index contributed by atoms with van der Waals surface area (Å²) in [5.74, 6) is -0.153. The van der Waals surface area contributed by atoms with Gasteiger partial charge in [0.05, 0.1) is 12.7 Å². The maximum atomic E-state index is 8.67. The second kappa shape index (κ2) is 6.28. The van der Waals surface area contributed by atoms with Crippen LogP contribution in [0.25, 0.3) is 0 Å². The van der Waals surface area contributed by atoms with Gasteiger partial charge in [0.15, 0.2) is 11.5 Å². The lowest BCUT2D eigenvalue weighted by Crippen LogP contribution is -2.03. The second-order valence-electron chi connectivity index (χ2n) is 2.52. The van der Waals surface area contributed by atoms with E-state index in [1.807, 2.05) is 0 Å². The first-order valence-electron chi connectivity index (χ1n) is 3.83. The average Bonchev–Trinajstić information content (AvgIpc) is 2.11. The van der Waals surface area contributed by atoms with E-state index in [4.69, 9.17) is 20.4 Å². The van der Waals surface area contributed by atoms with Gasteiger partial charge in [-0.3, -0.25) is 0 Å². The van der Waals surface area contributed by atoms with Crippen LogP contribution in [0.2, 0.25) is 0 Å². The third-order valence-corrected chi connectivity index (χ3v) is 1.15. The van der Waals surface area contributed by atoms with E-state index in [0.29, 0.717) is 0 Å². The summed E-state index contributed by atoms with van der Waals surface area (Å²) in [7, 11) is 0. The molecule has 0 saturated carbocycles. The Morgan fingerprint density at radius 1 is 1.15 bits per heavy atom. The maximum Gasteiger partial charge on any atom is 0.157 e. The standard InChI is InChI=1S/C6H6O2.C3H8O2/c7-5-3-1-2-4-6(5)8;1-3(5)2-4/h1-4,7-8H;3-5H,2H2,1H3. The molecule has 0 heterocycles. The van der Waals surface area contributed by atoms with Crippen LogP contribution in [0.1, 0.15) is 6.92 Å². The minimum atomic E-state index is -0.560. The fourth-order valence-electron chi connectivity index (χ4n) is 0.464. The molecule has 1 atom stereocenters. The number of benzene rings is 1. The Labute approximate surface area is 76.7 Å². The van der Waals surface area contributed by atoms with Gasteiger partial charge in [-0.1, -0.05) is 12.1 Å². The number of hydrogen-bond acceptors (Lipinski definition) is 4. The fourth-order valence-corrected chi connectivity index (χ4v) is 0.464. The molecule has 0 spiro atoms. The summed E-state index contributed by atoms with van der Waals surface area (Å²) in [5.41, 5.74) is 0. The fraction of sp³-hybridized carbons (Fsp3) is 0.333. The van der Waals surface area contributed by atoms with Gasteiger partial charge < -0.3 is 20.4 Å². The van der Waals surface area contributed by atoms with E-state index in [1.165, 1.54) is 19.1 Å². The van der Waals surface area contributed by atoms with E-state index in [-0.39, 0.29) is 18.1 Å². The highest BCUT2D eigenvalue weighted by Gasteiger charge is 1.90. The number of para-hydroxylation sites is 2. The quantitative estimate of drug-likeness (QED) is 0.480. The Morgan fingerprint density at radius 3 is 1.62 bits per heavy atom. The Kier molecular flexibility index (Phi) is 5.67. The summed E-state index contributed by atoms with van der Waals surface area (Å²) in [6.07, 6.45) is -0.560. The number of phenols is 2. The predicted octanol–water partition coefficient (Wildman–Crippen LogP) is 0.457.